The van der Waals surface area contributed by atoms with Crippen LogP contribution in [0, 0.1) is 6.92 Å². The zero-order valence-corrected chi connectivity index (χ0v) is 14.4. The number of halogens is 1. The van der Waals surface area contributed by atoms with Gasteiger partial charge in [-0.2, -0.15) is 0 Å². The number of carbonyl (C=O) groups excluding carboxylic acids is 1. The van der Waals surface area contributed by atoms with E-state index >= 15 is 0 Å². The van der Waals surface area contributed by atoms with Crippen LogP contribution in [0.2, 0.25) is 0 Å². The summed E-state index contributed by atoms with van der Waals surface area (Å²) in [7, 11) is 0. The van der Waals surface area contributed by atoms with Gasteiger partial charge in [0.1, 0.15) is 0 Å². The molecule has 106 valence electrons. The number of amides is 1. The van der Waals surface area contributed by atoms with Gasteiger partial charge in [-0.1, -0.05) is 26.8 Å². The number of aryl methyl sites for hydroxylation is 1. The lowest BCUT2D eigenvalue weighted by Crippen LogP contribution is -2.14. The molecule has 1 heterocycles. The van der Waals surface area contributed by atoms with Crippen molar-refractivity contribution < 1.29 is 4.79 Å². The molecule has 0 aliphatic heterocycles. The van der Waals surface area contributed by atoms with Crippen LogP contribution < -0.4 is 5.32 Å². The Bertz CT molecular complexity index is 644. The molecule has 0 spiro atoms. The zero-order chi connectivity index (χ0) is 14.9. The highest BCUT2D eigenvalue weighted by atomic mass is 79.9. The Morgan fingerprint density at radius 1 is 1.35 bits per heavy atom. The van der Waals surface area contributed by atoms with Crippen molar-refractivity contribution in [3.8, 4) is 0 Å². The van der Waals surface area contributed by atoms with Crippen LogP contribution in [0.25, 0.3) is 0 Å². The number of hydrogen-bond donors (Lipinski definition) is 1. The molecule has 3 nitrogen and oxygen atoms in total. The molecule has 0 aliphatic rings. The van der Waals surface area contributed by atoms with Gasteiger partial charge in [-0.3, -0.25) is 10.1 Å². The molecule has 0 saturated carbocycles. The lowest BCUT2D eigenvalue weighted by Gasteiger charge is -2.14. The molecule has 0 unspecified atom stereocenters. The molecule has 0 aliphatic carbocycles. The van der Waals surface area contributed by atoms with E-state index in [4.69, 9.17) is 0 Å². The normalized spacial score (nSPS) is 11.4. The predicted molar refractivity (Wildman–Crippen MR) is 87.6 cm³/mol. The summed E-state index contributed by atoms with van der Waals surface area (Å²) >= 11 is 4.87. The van der Waals surface area contributed by atoms with E-state index in [0.29, 0.717) is 10.7 Å². The van der Waals surface area contributed by atoms with Crippen molar-refractivity contribution in [1.29, 1.82) is 0 Å². The third kappa shape index (κ3) is 3.46. The summed E-state index contributed by atoms with van der Waals surface area (Å²) in [5.41, 5.74) is 2.70. The van der Waals surface area contributed by atoms with Crippen LogP contribution in [-0.2, 0) is 5.41 Å². The van der Waals surface area contributed by atoms with Gasteiger partial charge in [0.25, 0.3) is 5.91 Å². The largest absolute Gasteiger partial charge is 0.298 e. The molecule has 0 fully saturated rings. The Labute approximate surface area is 131 Å². The minimum absolute atomic E-state index is 0.0100. The summed E-state index contributed by atoms with van der Waals surface area (Å²) in [6.45, 7) is 8.29. The molecule has 20 heavy (non-hydrogen) atoms. The summed E-state index contributed by atoms with van der Waals surface area (Å²) in [6, 6.07) is 5.66. The minimum atomic E-state index is -0.147. The number of benzene rings is 1. The second-order valence-electron chi connectivity index (χ2n) is 5.73. The fourth-order valence-electron chi connectivity index (χ4n) is 1.64. The molecule has 0 radical (unpaired) electrons. The second-order valence-corrected chi connectivity index (χ2v) is 7.44. The first-order chi connectivity index (χ1) is 9.27. The van der Waals surface area contributed by atoms with Crippen LogP contribution in [0.3, 0.4) is 0 Å². The minimum Gasteiger partial charge on any atom is -0.298 e. The smallest absolute Gasteiger partial charge is 0.258 e. The number of aromatic nitrogens is 1. The van der Waals surface area contributed by atoms with Gasteiger partial charge < -0.3 is 0 Å². The summed E-state index contributed by atoms with van der Waals surface area (Å²) in [5, 5.41) is 5.47. The Balaban J connectivity index is 2.17. The van der Waals surface area contributed by atoms with Gasteiger partial charge in [0.05, 0.1) is 11.3 Å². The monoisotopic (exact) mass is 352 g/mol. The summed E-state index contributed by atoms with van der Waals surface area (Å²) < 4.78 is 0.794. The first kappa shape index (κ1) is 15.2. The van der Waals surface area contributed by atoms with Crippen molar-refractivity contribution in [2.24, 2.45) is 0 Å². The summed E-state index contributed by atoms with van der Waals surface area (Å²) in [5.74, 6) is -0.147. The Morgan fingerprint density at radius 3 is 2.60 bits per heavy atom. The van der Waals surface area contributed by atoms with Crippen molar-refractivity contribution >= 4 is 38.3 Å². The van der Waals surface area contributed by atoms with E-state index in [9.17, 15) is 4.79 Å². The van der Waals surface area contributed by atoms with Crippen molar-refractivity contribution in [2.45, 2.75) is 33.1 Å². The van der Waals surface area contributed by atoms with Crippen LogP contribution in [0.1, 0.15) is 42.4 Å². The van der Waals surface area contributed by atoms with Gasteiger partial charge in [0.15, 0.2) is 5.13 Å². The Kier molecular flexibility index (Phi) is 4.30. The molecule has 5 heteroatoms. The lowest BCUT2D eigenvalue weighted by atomic mass is 9.93. The molecule has 2 aromatic rings. The molecule has 1 aromatic heterocycles. The van der Waals surface area contributed by atoms with Gasteiger partial charge in [0, 0.05) is 15.3 Å². The van der Waals surface area contributed by atoms with Crippen LogP contribution in [0.4, 0.5) is 5.13 Å². The molecule has 1 aromatic carbocycles. The molecular weight excluding hydrogens is 336 g/mol. The van der Waals surface area contributed by atoms with E-state index in [0.717, 1.165) is 15.7 Å². The average Bonchev–Trinajstić information content (AvgIpc) is 2.76. The van der Waals surface area contributed by atoms with Crippen molar-refractivity contribution in [1.82, 2.24) is 4.98 Å². The van der Waals surface area contributed by atoms with Gasteiger partial charge in [-0.15, -0.1) is 11.3 Å². The van der Waals surface area contributed by atoms with E-state index in [1.165, 1.54) is 11.3 Å². The Morgan fingerprint density at radius 2 is 2.05 bits per heavy atom. The number of nitrogens with zero attached hydrogens (tertiary/aromatic N) is 1. The quantitative estimate of drug-likeness (QED) is 0.846. The van der Waals surface area contributed by atoms with Gasteiger partial charge in [0.2, 0.25) is 0 Å². The number of thiazole rings is 1. The predicted octanol–water partition coefficient (Wildman–Crippen LogP) is 4.76. The molecule has 1 amide bonds. The third-order valence-electron chi connectivity index (χ3n) is 2.86. The molecular formula is C15H17BrN2OS. The summed E-state index contributed by atoms with van der Waals surface area (Å²) in [4.78, 5) is 16.7. The molecule has 0 saturated heterocycles. The zero-order valence-electron chi connectivity index (χ0n) is 12.0. The highest BCUT2D eigenvalue weighted by Gasteiger charge is 2.19. The lowest BCUT2D eigenvalue weighted by molar-refractivity contribution is 0.102. The molecule has 2 rings (SSSR count). The second kappa shape index (κ2) is 5.66. The summed E-state index contributed by atoms with van der Waals surface area (Å²) in [6.07, 6.45) is 0. The average molecular weight is 353 g/mol. The van der Waals surface area contributed by atoms with Crippen molar-refractivity contribution in [2.75, 3.05) is 5.32 Å². The van der Waals surface area contributed by atoms with Crippen LogP contribution in [0.5, 0.6) is 0 Å². The topological polar surface area (TPSA) is 42.0 Å². The van der Waals surface area contributed by atoms with E-state index in [1.54, 1.807) is 0 Å². The number of rotatable bonds is 2. The number of nitrogens with one attached hydrogen (secondary N) is 1. The maximum absolute atomic E-state index is 12.2. The Hall–Kier alpha value is -1.20. The standard InChI is InChI=1S/C15H17BrN2OS/c1-9-5-6-10(11(16)7-9)13(19)18-14-17-12(8-20-14)15(2,3)4/h5-8H,1-4H3,(H,17,18,19). The van der Waals surface area contributed by atoms with Crippen molar-refractivity contribution in [3.63, 3.8) is 0 Å². The van der Waals surface area contributed by atoms with Gasteiger partial charge in [-0.25, -0.2) is 4.98 Å². The number of hydrogen-bond acceptors (Lipinski definition) is 3. The molecule has 0 bridgehead atoms. The number of carbonyl (C=O) groups is 1. The van der Waals surface area contributed by atoms with Crippen LogP contribution >= 0.6 is 27.3 Å². The third-order valence-corrected chi connectivity index (χ3v) is 4.28. The SMILES string of the molecule is Cc1ccc(C(=O)Nc2nc(C(C)(C)C)cs2)c(Br)c1. The number of anilines is 1. The van der Waals surface area contributed by atoms with E-state index in [-0.39, 0.29) is 11.3 Å². The van der Waals surface area contributed by atoms with Gasteiger partial charge in [-0.05, 0) is 40.5 Å². The maximum Gasteiger partial charge on any atom is 0.258 e. The first-order valence-electron chi connectivity index (χ1n) is 6.31. The fraction of sp³-hybridized carbons (Fsp3) is 0.333. The first-order valence-corrected chi connectivity index (χ1v) is 7.98. The van der Waals surface area contributed by atoms with E-state index in [1.807, 2.05) is 30.5 Å². The van der Waals surface area contributed by atoms with Crippen LogP contribution in [0.15, 0.2) is 28.1 Å². The van der Waals surface area contributed by atoms with E-state index in [2.05, 4.69) is 47.0 Å². The van der Waals surface area contributed by atoms with Crippen LogP contribution in [-0.4, -0.2) is 10.9 Å². The highest BCUT2D eigenvalue weighted by Crippen LogP contribution is 2.27. The van der Waals surface area contributed by atoms with E-state index < -0.39 is 0 Å². The highest BCUT2D eigenvalue weighted by molar-refractivity contribution is 9.10. The maximum atomic E-state index is 12.2. The molecule has 1 N–H and O–H groups in total. The fourth-order valence-corrected chi connectivity index (χ4v) is 3.25. The van der Waals surface area contributed by atoms with Crippen molar-refractivity contribution in [3.05, 3.63) is 44.9 Å². The van der Waals surface area contributed by atoms with Gasteiger partial charge >= 0.3 is 0 Å². The molecule has 0 atom stereocenters.